The molecule has 0 bridgehead atoms. The zero-order valence-electron chi connectivity index (χ0n) is 11.8. The summed E-state index contributed by atoms with van der Waals surface area (Å²) in [6.07, 6.45) is 3.86. The van der Waals surface area contributed by atoms with E-state index in [9.17, 15) is 4.79 Å². The fourth-order valence-corrected chi connectivity index (χ4v) is 1.84. The van der Waals surface area contributed by atoms with Gasteiger partial charge in [0.05, 0.1) is 0 Å². The number of anilines is 1. The highest BCUT2D eigenvalue weighted by molar-refractivity contribution is 5.91. The van der Waals surface area contributed by atoms with E-state index in [-0.39, 0.29) is 12.5 Å². The van der Waals surface area contributed by atoms with Gasteiger partial charge in [-0.05, 0) is 30.7 Å². The third-order valence-corrected chi connectivity index (χ3v) is 2.95. The Balaban J connectivity index is 1.99. The van der Waals surface area contributed by atoms with E-state index in [1.165, 1.54) is 0 Å². The predicted octanol–water partition coefficient (Wildman–Crippen LogP) is 1.56. The SMILES string of the molecule is Cc1ccc(C#CCO)cc1NC(=O)CCn1cccn1. The van der Waals surface area contributed by atoms with E-state index < -0.39 is 0 Å². The molecule has 0 atom stereocenters. The maximum atomic E-state index is 12.0. The van der Waals surface area contributed by atoms with Gasteiger partial charge in [0.2, 0.25) is 5.91 Å². The van der Waals surface area contributed by atoms with Gasteiger partial charge in [-0.15, -0.1) is 0 Å². The lowest BCUT2D eigenvalue weighted by atomic mass is 10.1. The molecular weight excluding hydrogens is 266 g/mol. The van der Waals surface area contributed by atoms with Gasteiger partial charge in [-0.3, -0.25) is 9.48 Å². The van der Waals surface area contributed by atoms with Gasteiger partial charge in [0, 0.05) is 36.6 Å². The minimum absolute atomic E-state index is 0.0686. The van der Waals surface area contributed by atoms with Crippen LogP contribution in [0.25, 0.3) is 0 Å². The topological polar surface area (TPSA) is 67.2 Å². The van der Waals surface area contributed by atoms with Gasteiger partial charge in [0.15, 0.2) is 0 Å². The number of hydrogen-bond donors (Lipinski definition) is 2. The molecule has 1 heterocycles. The van der Waals surface area contributed by atoms with Crippen LogP contribution in [-0.2, 0) is 11.3 Å². The van der Waals surface area contributed by atoms with Crippen LogP contribution in [0.5, 0.6) is 0 Å². The molecule has 1 amide bonds. The maximum absolute atomic E-state index is 12.0. The van der Waals surface area contributed by atoms with Crippen LogP contribution in [0.1, 0.15) is 17.5 Å². The summed E-state index contributed by atoms with van der Waals surface area (Å²) in [5.74, 6) is 5.35. The molecule has 1 aromatic heterocycles. The van der Waals surface area contributed by atoms with Crippen LogP contribution in [0.2, 0.25) is 0 Å². The third kappa shape index (κ3) is 4.48. The van der Waals surface area contributed by atoms with Crippen LogP contribution >= 0.6 is 0 Å². The Labute approximate surface area is 123 Å². The minimum Gasteiger partial charge on any atom is -0.384 e. The Bertz CT molecular complexity index is 667. The van der Waals surface area contributed by atoms with Gasteiger partial charge in [-0.25, -0.2) is 0 Å². The number of aliphatic hydroxyl groups excluding tert-OH is 1. The lowest BCUT2D eigenvalue weighted by Gasteiger charge is -2.09. The lowest BCUT2D eigenvalue weighted by molar-refractivity contribution is -0.116. The van der Waals surface area contributed by atoms with Crippen molar-refractivity contribution in [2.24, 2.45) is 0 Å². The van der Waals surface area contributed by atoms with Crippen LogP contribution in [0.15, 0.2) is 36.7 Å². The summed E-state index contributed by atoms with van der Waals surface area (Å²) < 4.78 is 1.72. The van der Waals surface area contributed by atoms with Crippen molar-refractivity contribution in [3.8, 4) is 11.8 Å². The number of carbonyl (C=O) groups is 1. The summed E-state index contributed by atoms with van der Waals surface area (Å²) in [5.41, 5.74) is 2.47. The summed E-state index contributed by atoms with van der Waals surface area (Å²) in [5, 5.41) is 15.6. The number of rotatable bonds is 4. The average Bonchev–Trinajstić information content (AvgIpc) is 2.99. The van der Waals surface area contributed by atoms with Crippen molar-refractivity contribution < 1.29 is 9.90 Å². The van der Waals surface area contributed by atoms with Crippen LogP contribution in [-0.4, -0.2) is 27.4 Å². The highest BCUT2D eigenvalue weighted by Gasteiger charge is 2.06. The molecule has 108 valence electrons. The largest absolute Gasteiger partial charge is 0.384 e. The standard InChI is InChI=1S/C16H17N3O2/c1-13-5-6-14(4-2-11-20)12-15(13)18-16(21)7-10-19-9-3-8-17-19/h3,5-6,8-9,12,20H,7,10-11H2,1H3,(H,18,21). The van der Waals surface area contributed by atoms with Gasteiger partial charge < -0.3 is 10.4 Å². The predicted molar refractivity (Wildman–Crippen MR) is 80.6 cm³/mol. The quantitative estimate of drug-likeness (QED) is 0.837. The highest BCUT2D eigenvalue weighted by atomic mass is 16.2. The molecule has 2 rings (SSSR count). The van der Waals surface area contributed by atoms with E-state index in [1.54, 1.807) is 10.9 Å². The second-order valence-electron chi connectivity index (χ2n) is 4.56. The van der Waals surface area contributed by atoms with E-state index in [0.717, 1.165) is 16.8 Å². The van der Waals surface area contributed by atoms with Crippen molar-refractivity contribution in [3.63, 3.8) is 0 Å². The van der Waals surface area contributed by atoms with Crippen LogP contribution in [0.4, 0.5) is 5.69 Å². The van der Waals surface area contributed by atoms with E-state index in [0.29, 0.717) is 13.0 Å². The first-order chi connectivity index (χ1) is 10.2. The van der Waals surface area contributed by atoms with Crippen molar-refractivity contribution >= 4 is 11.6 Å². The monoisotopic (exact) mass is 283 g/mol. The lowest BCUT2D eigenvalue weighted by Crippen LogP contribution is -2.15. The molecule has 0 aliphatic rings. The molecule has 0 unspecified atom stereocenters. The normalized spacial score (nSPS) is 9.81. The Kier molecular flexibility index (Phi) is 5.13. The maximum Gasteiger partial charge on any atom is 0.226 e. The second kappa shape index (κ2) is 7.27. The summed E-state index contributed by atoms with van der Waals surface area (Å²) in [6.45, 7) is 2.29. The molecule has 2 N–H and O–H groups in total. The second-order valence-corrected chi connectivity index (χ2v) is 4.56. The summed E-state index contributed by atoms with van der Waals surface area (Å²) in [7, 11) is 0. The van der Waals surface area contributed by atoms with Crippen LogP contribution in [0.3, 0.4) is 0 Å². The molecule has 0 saturated heterocycles. The molecule has 0 fully saturated rings. The Hall–Kier alpha value is -2.58. The summed E-state index contributed by atoms with van der Waals surface area (Å²) in [4.78, 5) is 12.0. The molecule has 0 radical (unpaired) electrons. The number of benzene rings is 1. The van der Waals surface area contributed by atoms with Crippen molar-refractivity contribution in [1.29, 1.82) is 0 Å². The summed E-state index contributed by atoms with van der Waals surface area (Å²) in [6, 6.07) is 7.39. The van der Waals surface area contributed by atoms with Crippen LogP contribution in [0, 0.1) is 18.8 Å². The third-order valence-electron chi connectivity index (χ3n) is 2.95. The number of nitrogens with one attached hydrogen (secondary N) is 1. The Morgan fingerprint density at radius 3 is 3.05 bits per heavy atom. The molecule has 1 aromatic carbocycles. The smallest absolute Gasteiger partial charge is 0.226 e. The van der Waals surface area contributed by atoms with Crippen molar-refractivity contribution in [2.45, 2.75) is 19.9 Å². The molecule has 2 aromatic rings. The van der Waals surface area contributed by atoms with E-state index >= 15 is 0 Å². The fraction of sp³-hybridized carbons (Fsp3) is 0.250. The molecule has 0 aliphatic heterocycles. The minimum atomic E-state index is -0.181. The van der Waals surface area contributed by atoms with Crippen molar-refractivity contribution in [1.82, 2.24) is 9.78 Å². The molecule has 21 heavy (non-hydrogen) atoms. The average molecular weight is 283 g/mol. The summed E-state index contributed by atoms with van der Waals surface area (Å²) >= 11 is 0. The fourth-order valence-electron chi connectivity index (χ4n) is 1.84. The van der Waals surface area contributed by atoms with E-state index in [4.69, 9.17) is 5.11 Å². The molecule has 0 spiro atoms. The number of amides is 1. The number of aliphatic hydroxyl groups is 1. The number of hydrogen-bond acceptors (Lipinski definition) is 3. The first kappa shape index (κ1) is 14.8. The number of nitrogens with zero attached hydrogens (tertiary/aromatic N) is 2. The highest BCUT2D eigenvalue weighted by Crippen LogP contribution is 2.16. The number of carbonyl (C=O) groups excluding carboxylic acids is 1. The first-order valence-corrected chi connectivity index (χ1v) is 6.66. The molecule has 0 saturated carbocycles. The number of aryl methyl sites for hydroxylation is 2. The van der Waals surface area contributed by atoms with Gasteiger partial charge in [-0.1, -0.05) is 17.9 Å². The van der Waals surface area contributed by atoms with E-state index in [1.807, 2.05) is 37.4 Å². The van der Waals surface area contributed by atoms with Gasteiger partial charge >= 0.3 is 0 Å². The molecule has 0 aliphatic carbocycles. The Morgan fingerprint density at radius 2 is 2.33 bits per heavy atom. The first-order valence-electron chi connectivity index (χ1n) is 6.66. The van der Waals surface area contributed by atoms with Gasteiger partial charge in [-0.2, -0.15) is 5.10 Å². The van der Waals surface area contributed by atoms with Gasteiger partial charge in [0.25, 0.3) is 0 Å². The van der Waals surface area contributed by atoms with E-state index in [2.05, 4.69) is 22.3 Å². The molecule has 5 heteroatoms. The zero-order chi connectivity index (χ0) is 15.1. The Morgan fingerprint density at radius 1 is 1.48 bits per heavy atom. The number of aromatic nitrogens is 2. The van der Waals surface area contributed by atoms with Crippen molar-refractivity contribution in [3.05, 3.63) is 47.8 Å². The molecular formula is C16H17N3O2. The van der Waals surface area contributed by atoms with Crippen molar-refractivity contribution in [2.75, 3.05) is 11.9 Å². The molecule has 5 nitrogen and oxygen atoms in total. The zero-order valence-corrected chi connectivity index (χ0v) is 11.8. The van der Waals surface area contributed by atoms with Crippen LogP contribution < -0.4 is 5.32 Å². The van der Waals surface area contributed by atoms with Gasteiger partial charge in [0.1, 0.15) is 6.61 Å².